The molecule has 6 heteroatoms. The molecule has 0 amide bonds. The SMILES string of the molecule is Cc1c(C)c2c(c(C)c1OC(=O)c1ccc(Oc3ccc(Cl)cc3)cn1)CCC(C)(CCCC(C)CCCC(C)CCCC(C)C)O2. The van der Waals surface area contributed by atoms with Gasteiger partial charge in [0.15, 0.2) is 0 Å². The Bertz CT molecular complexity index is 1470. The van der Waals surface area contributed by atoms with Crippen molar-refractivity contribution in [2.75, 3.05) is 0 Å². The van der Waals surface area contributed by atoms with Crippen molar-refractivity contribution in [3.05, 3.63) is 75.6 Å². The maximum absolute atomic E-state index is 13.2. The Kier molecular flexibility index (Phi) is 13.2. The number of carbonyl (C=O) groups is 1. The van der Waals surface area contributed by atoms with Gasteiger partial charge < -0.3 is 14.2 Å². The molecule has 4 rings (SSSR count). The number of carbonyl (C=O) groups excluding carboxylic acids is 1. The second-order valence-corrected chi connectivity index (χ2v) is 15.2. The van der Waals surface area contributed by atoms with E-state index in [1.165, 1.54) is 57.6 Å². The summed E-state index contributed by atoms with van der Waals surface area (Å²) in [5.41, 5.74) is 4.11. The topological polar surface area (TPSA) is 57.7 Å². The van der Waals surface area contributed by atoms with Gasteiger partial charge in [-0.2, -0.15) is 0 Å². The van der Waals surface area contributed by atoms with Crippen LogP contribution in [0.25, 0.3) is 0 Å². The van der Waals surface area contributed by atoms with Gasteiger partial charge in [-0.05, 0) is 124 Å². The maximum atomic E-state index is 13.2. The third kappa shape index (κ3) is 10.5. The fourth-order valence-corrected chi connectivity index (χ4v) is 6.88. The van der Waals surface area contributed by atoms with Crippen molar-refractivity contribution in [2.45, 2.75) is 132 Å². The maximum Gasteiger partial charge on any atom is 0.362 e. The molecule has 256 valence electrons. The van der Waals surface area contributed by atoms with Gasteiger partial charge in [0.25, 0.3) is 0 Å². The molecule has 0 fully saturated rings. The molecule has 1 aliphatic heterocycles. The van der Waals surface area contributed by atoms with Gasteiger partial charge >= 0.3 is 5.97 Å². The number of nitrogens with zero attached hydrogens (tertiary/aromatic N) is 1. The van der Waals surface area contributed by atoms with Gasteiger partial charge in [0, 0.05) is 10.6 Å². The summed E-state index contributed by atoms with van der Waals surface area (Å²) in [6, 6.07) is 10.4. The van der Waals surface area contributed by atoms with Crippen LogP contribution in [-0.4, -0.2) is 16.6 Å². The van der Waals surface area contributed by atoms with E-state index in [2.05, 4.69) is 46.5 Å². The van der Waals surface area contributed by atoms with Crippen molar-refractivity contribution in [1.82, 2.24) is 4.98 Å². The Morgan fingerprint density at radius 1 is 0.851 bits per heavy atom. The molecule has 2 aromatic carbocycles. The van der Waals surface area contributed by atoms with Crippen LogP contribution in [0.2, 0.25) is 5.02 Å². The lowest BCUT2D eigenvalue weighted by molar-refractivity contribution is 0.0508. The van der Waals surface area contributed by atoms with Crippen LogP contribution in [0, 0.1) is 38.5 Å². The smallest absolute Gasteiger partial charge is 0.362 e. The number of pyridine rings is 1. The zero-order valence-corrected chi connectivity index (χ0v) is 30.8. The Balaban J connectivity index is 1.29. The van der Waals surface area contributed by atoms with Crippen LogP contribution in [-0.2, 0) is 6.42 Å². The first-order valence-corrected chi connectivity index (χ1v) is 18.2. The van der Waals surface area contributed by atoms with E-state index in [1.54, 1.807) is 36.4 Å². The summed E-state index contributed by atoms with van der Waals surface area (Å²) in [6.07, 6.45) is 15.0. The van der Waals surface area contributed by atoms with Gasteiger partial charge in [0.05, 0.1) is 6.20 Å². The second-order valence-electron chi connectivity index (χ2n) is 14.7. The van der Waals surface area contributed by atoms with Crippen LogP contribution < -0.4 is 14.2 Å². The first-order chi connectivity index (χ1) is 22.3. The monoisotopic (exact) mass is 661 g/mol. The van der Waals surface area contributed by atoms with E-state index in [1.807, 2.05) is 13.8 Å². The van der Waals surface area contributed by atoms with E-state index in [4.69, 9.17) is 25.8 Å². The van der Waals surface area contributed by atoms with Gasteiger partial charge in [-0.15, -0.1) is 0 Å². The molecule has 0 N–H and O–H groups in total. The van der Waals surface area contributed by atoms with Crippen LogP contribution in [0.3, 0.4) is 0 Å². The highest BCUT2D eigenvalue weighted by Gasteiger charge is 2.35. The summed E-state index contributed by atoms with van der Waals surface area (Å²) in [6.45, 7) is 17.9. The standard InChI is InChI=1S/C41H56ClNO4/c1-27(2)12-9-13-28(3)14-10-15-29(4)16-11-24-41(8)25-23-36-32(7)38(30(5)31(6)39(36)47-41)46-40(44)37-22-21-35(26-43-37)45-34-19-17-33(42)18-20-34/h17-22,26-29H,9-16,23-25H2,1-8H3. The second kappa shape index (κ2) is 16.9. The first-order valence-electron chi connectivity index (χ1n) is 17.8. The Morgan fingerprint density at radius 2 is 1.47 bits per heavy atom. The number of halogens is 1. The molecule has 47 heavy (non-hydrogen) atoms. The number of hydrogen-bond acceptors (Lipinski definition) is 5. The van der Waals surface area contributed by atoms with Gasteiger partial charge in [-0.1, -0.05) is 84.2 Å². The molecule has 1 aliphatic rings. The molecule has 0 bridgehead atoms. The molecule has 1 aromatic heterocycles. The van der Waals surface area contributed by atoms with Crippen LogP contribution in [0.4, 0.5) is 0 Å². The van der Waals surface area contributed by atoms with Crippen molar-refractivity contribution >= 4 is 17.6 Å². The number of aromatic nitrogens is 1. The Labute approximate surface area is 288 Å². The minimum atomic E-state index is -0.495. The van der Waals surface area contributed by atoms with Crippen molar-refractivity contribution in [3.63, 3.8) is 0 Å². The molecule has 0 saturated heterocycles. The fourth-order valence-electron chi connectivity index (χ4n) is 6.76. The Hall–Kier alpha value is -3.05. The van der Waals surface area contributed by atoms with E-state index >= 15 is 0 Å². The minimum absolute atomic E-state index is 0.181. The summed E-state index contributed by atoms with van der Waals surface area (Å²) in [5, 5.41) is 0.635. The molecular formula is C41H56ClNO4. The predicted molar refractivity (Wildman–Crippen MR) is 193 cm³/mol. The Morgan fingerprint density at radius 3 is 2.09 bits per heavy atom. The predicted octanol–water partition coefficient (Wildman–Crippen LogP) is 12.2. The normalized spacial score (nSPS) is 17.1. The third-order valence-electron chi connectivity index (χ3n) is 10.0. The molecule has 3 atom stereocenters. The summed E-state index contributed by atoms with van der Waals surface area (Å²) >= 11 is 5.96. The molecule has 3 aromatic rings. The number of rotatable bonds is 16. The first kappa shape index (κ1) is 36.8. The average Bonchev–Trinajstić information content (AvgIpc) is 3.03. The van der Waals surface area contributed by atoms with Gasteiger partial charge in [0.2, 0.25) is 0 Å². The van der Waals surface area contributed by atoms with Crippen molar-refractivity contribution < 1.29 is 19.0 Å². The molecule has 2 heterocycles. The lowest BCUT2D eigenvalue weighted by Gasteiger charge is -2.38. The van der Waals surface area contributed by atoms with Crippen LogP contribution in [0.15, 0.2) is 42.6 Å². The quantitative estimate of drug-likeness (QED) is 0.113. The van der Waals surface area contributed by atoms with Crippen LogP contribution >= 0.6 is 11.6 Å². The highest BCUT2D eigenvalue weighted by molar-refractivity contribution is 6.30. The van der Waals surface area contributed by atoms with Crippen molar-refractivity contribution in [2.24, 2.45) is 17.8 Å². The van der Waals surface area contributed by atoms with E-state index in [0.29, 0.717) is 22.3 Å². The van der Waals surface area contributed by atoms with Crippen molar-refractivity contribution in [1.29, 1.82) is 0 Å². The summed E-state index contributed by atoms with van der Waals surface area (Å²) in [4.78, 5) is 17.5. The van der Waals surface area contributed by atoms with Crippen LogP contribution in [0.1, 0.15) is 132 Å². The molecule has 5 nitrogen and oxygen atoms in total. The number of ether oxygens (including phenoxy) is 3. The number of fused-ring (bicyclic) bond motifs is 1. The highest BCUT2D eigenvalue weighted by atomic mass is 35.5. The zero-order valence-electron chi connectivity index (χ0n) is 30.0. The number of hydrogen-bond donors (Lipinski definition) is 0. The van der Waals surface area contributed by atoms with Gasteiger partial charge in [-0.3, -0.25) is 0 Å². The van der Waals surface area contributed by atoms with E-state index in [0.717, 1.165) is 65.0 Å². The van der Waals surface area contributed by atoms with Crippen LogP contribution in [0.5, 0.6) is 23.0 Å². The molecule has 3 unspecified atom stereocenters. The van der Waals surface area contributed by atoms with E-state index in [-0.39, 0.29) is 11.3 Å². The molecule has 0 radical (unpaired) electrons. The minimum Gasteiger partial charge on any atom is -0.487 e. The van der Waals surface area contributed by atoms with Gasteiger partial charge in [-0.25, -0.2) is 9.78 Å². The molecule has 0 saturated carbocycles. The molecule has 0 spiro atoms. The average molecular weight is 662 g/mol. The lowest BCUT2D eigenvalue weighted by atomic mass is 9.83. The van der Waals surface area contributed by atoms with E-state index in [9.17, 15) is 4.79 Å². The number of esters is 1. The lowest BCUT2D eigenvalue weighted by Crippen LogP contribution is -2.37. The van der Waals surface area contributed by atoms with Crippen molar-refractivity contribution in [3.8, 4) is 23.0 Å². The summed E-state index contributed by atoms with van der Waals surface area (Å²) in [5.74, 6) is 4.65. The summed E-state index contributed by atoms with van der Waals surface area (Å²) < 4.78 is 18.6. The molecular weight excluding hydrogens is 606 g/mol. The zero-order chi connectivity index (χ0) is 34.1. The molecule has 0 aliphatic carbocycles. The summed E-state index contributed by atoms with van der Waals surface area (Å²) in [7, 11) is 0. The largest absolute Gasteiger partial charge is 0.487 e. The highest BCUT2D eigenvalue weighted by Crippen LogP contribution is 2.45. The van der Waals surface area contributed by atoms with E-state index < -0.39 is 5.97 Å². The third-order valence-corrected chi connectivity index (χ3v) is 10.3. The van der Waals surface area contributed by atoms with Gasteiger partial charge in [0.1, 0.15) is 34.3 Å². The fraction of sp³-hybridized carbons (Fsp3) is 0.561. The number of benzene rings is 2.